The number of benzene rings is 1. The molecule has 1 aromatic heterocycles. The third kappa shape index (κ3) is 2.51. The van der Waals surface area contributed by atoms with E-state index in [4.69, 9.17) is 4.74 Å². The number of fused-ring (bicyclic) bond motifs is 1. The standard InChI is InChI=1S/C13H17N3O2/c1-9(2)14-7-16-8-15-12-6-10(18-3)4-5-11(12)13(16)17/h4-6,8-9,14H,7H2,1-3H3. The average Bonchev–Trinajstić information content (AvgIpc) is 2.37. The molecule has 0 aliphatic heterocycles. The highest BCUT2D eigenvalue weighted by Crippen LogP contribution is 2.15. The van der Waals surface area contributed by atoms with Crippen molar-refractivity contribution < 1.29 is 4.74 Å². The quantitative estimate of drug-likeness (QED) is 0.886. The lowest BCUT2D eigenvalue weighted by molar-refractivity contribution is 0.415. The van der Waals surface area contributed by atoms with Gasteiger partial charge >= 0.3 is 0 Å². The molecule has 0 fully saturated rings. The zero-order chi connectivity index (χ0) is 13.1. The summed E-state index contributed by atoms with van der Waals surface area (Å²) in [7, 11) is 1.59. The van der Waals surface area contributed by atoms with Gasteiger partial charge < -0.3 is 4.74 Å². The van der Waals surface area contributed by atoms with Crippen LogP contribution in [0.2, 0.25) is 0 Å². The molecule has 2 rings (SSSR count). The highest BCUT2D eigenvalue weighted by atomic mass is 16.5. The van der Waals surface area contributed by atoms with Crippen molar-refractivity contribution in [2.24, 2.45) is 0 Å². The number of ether oxygens (including phenoxy) is 1. The topological polar surface area (TPSA) is 56.1 Å². The van der Waals surface area contributed by atoms with Gasteiger partial charge in [-0.3, -0.25) is 14.7 Å². The molecule has 2 aromatic rings. The maximum absolute atomic E-state index is 12.2. The van der Waals surface area contributed by atoms with Gasteiger partial charge in [-0.25, -0.2) is 4.98 Å². The van der Waals surface area contributed by atoms with E-state index in [9.17, 15) is 4.79 Å². The van der Waals surface area contributed by atoms with Gasteiger partial charge in [0.1, 0.15) is 5.75 Å². The van der Waals surface area contributed by atoms with Crippen molar-refractivity contribution >= 4 is 10.9 Å². The number of hydrogen-bond acceptors (Lipinski definition) is 4. The molecule has 1 heterocycles. The third-order valence-corrected chi connectivity index (χ3v) is 2.70. The second kappa shape index (κ2) is 5.18. The van der Waals surface area contributed by atoms with Gasteiger partial charge in [0, 0.05) is 12.1 Å². The predicted molar refractivity (Wildman–Crippen MR) is 70.8 cm³/mol. The molecule has 0 atom stereocenters. The number of rotatable bonds is 4. The van der Waals surface area contributed by atoms with E-state index in [2.05, 4.69) is 10.3 Å². The molecule has 5 heteroatoms. The van der Waals surface area contributed by atoms with Gasteiger partial charge in [0.2, 0.25) is 0 Å². The van der Waals surface area contributed by atoms with Crippen LogP contribution in [-0.4, -0.2) is 22.7 Å². The van der Waals surface area contributed by atoms with Crippen molar-refractivity contribution in [2.75, 3.05) is 7.11 Å². The van der Waals surface area contributed by atoms with Crippen molar-refractivity contribution in [2.45, 2.75) is 26.6 Å². The van der Waals surface area contributed by atoms with E-state index in [1.165, 1.54) is 0 Å². The molecule has 0 aliphatic rings. The zero-order valence-electron chi connectivity index (χ0n) is 10.8. The molecule has 5 nitrogen and oxygen atoms in total. The maximum atomic E-state index is 12.2. The van der Waals surface area contributed by atoms with Crippen LogP contribution in [0.5, 0.6) is 5.75 Å². The fourth-order valence-electron chi connectivity index (χ4n) is 1.66. The molecule has 1 N–H and O–H groups in total. The molecule has 0 aliphatic carbocycles. The minimum atomic E-state index is -0.0456. The first kappa shape index (κ1) is 12.6. The van der Waals surface area contributed by atoms with Gasteiger partial charge in [-0.2, -0.15) is 0 Å². The number of nitrogens with zero attached hydrogens (tertiary/aromatic N) is 2. The Labute approximate surface area is 105 Å². The van der Waals surface area contributed by atoms with Gasteiger partial charge in [-0.1, -0.05) is 0 Å². The fraction of sp³-hybridized carbons (Fsp3) is 0.385. The lowest BCUT2D eigenvalue weighted by Crippen LogP contribution is -2.32. The van der Waals surface area contributed by atoms with Gasteiger partial charge in [0.15, 0.2) is 0 Å². The lowest BCUT2D eigenvalue weighted by Gasteiger charge is -2.10. The summed E-state index contributed by atoms with van der Waals surface area (Å²) < 4.78 is 6.67. The Bertz CT molecular complexity index is 605. The van der Waals surface area contributed by atoms with Crippen molar-refractivity contribution in [1.82, 2.24) is 14.9 Å². The van der Waals surface area contributed by atoms with Crippen LogP contribution in [0.25, 0.3) is 10.9 Å². The summed E-state index contributed by atoms with van der Waals surface area (Å²) in [4.78, 5) is 16.5. The second-order valence-corrected chi connectivity index (χ2v) is 4.42. The van der Waals surface area contributed by atoms with Crippen LogP contribution in [0.15, 0.2) is 29.3 Å². The number of aromatic nitrogens is 2. The molecule has 0 unspecified atom stereocenters. The van der Waals surface area contributed by atoms with Gasteiger partial charge in [0.05, 0.1) is 31.0 Å². The van der Waals surface area contributed by atoms with Crippen LogP contribution in [0.3, 0.4) is 0 Å². The minimum Gasteiger partial charge on any atom is -0.497 e. The predicted octanol–water partition coefficient (Wildman–Crippen LogP) is 1.36. The number of methoxy groups -OCH3 is 1. The Morgan fingerprint density at radius 3 is 2.89 bits per heavy atom. The van der Waals surface area contributed by atoms with Gasteiger partial charge in [-0.15, -0.1) is 0 Å². The monoisotopic (exact) mass is 247 g/mol. The number of hydrogen-bond donors (Lipinski definition) is 1. The lowest BCUT2D eigenvalue weighted by atomic mass is 10.2. The summed E-state index contributed by atoms with van der Waals surface area (Å²) >= 11 is 0. The molecule has 0 saturated heterocycles. The maximum Gasteiger partial charge on any atom is 0.262 e. The highest BCUT2D eigenvalue weighted by molar-refractivity contribution is 5.78. The molecule has 0 radical (unpaired) electrons. The Morgan fingerprint density at radius 1 is 1.44 bits per heavy atom. The Hall–Kier alpha value is -1.88. The Kier molecular flexibility index (Phi) is 3.62. The molecule has 0 amide bonds. The average molecular weight is 247 g/mol. The van der Waals surface area contributed by atoms with Crippen molar-refractivity contribution in [1.29, 1.82) is 0 Å². The summed E-state index contributed by atoms with van der Waals surface area (Å²) in [6.07, 6.45) is 1.56. The SMILES string of the molecule is COc1ccc2c(=O)n(CNC(C)C)cnc2c1. The Morgan fingerprint density at radius 2 is 2.22 bits per heavy atom. The smallest absolute Gasteiger partial charge is 0.262 e. The van der Waals surface area contributed by atoms with E-state index in [1.54, 1.807) is 36.2 Å². The zero-order valence-corrected chi connectivity index (χ0v) is 10.8. The summed E-state index contributed by atoms with van der Waals surface area (Å²) in [5.74, 6) is 0.701. The Balaban J connectivity index is 2.42. The molecule has 96 valence electrons. The molecule has 18 heavy (non-hydrogen) atoms. The first-order valence-electron chi connectivity index (χ1n) is 5.88. The minimum absolute atomic E-state index is 0.0456. The van der Waals surface area contributed by atoms with Gasteiger partial charge in [0.25, 0.3) is 5.56 Å². The van der Waals surface area contributed by atoms with Crippen LogP contribution in [-0.2, 0) is 6.67 Å². The van der Waals surface area contributed by atoms with Crippen LogP contribution < -0.4 is 15.6 Å². The summed E-state index contributed by atoms with van der Waals surface area (Å²) in [5.41, 5.74) is 0.607. The first-order valence-corrected chi connectivity index (χ1v) is 5.88. The highest BCUT2D eigenvalue weighted by Gasteiger charge is 2.05. The summed E-state index contributed by atoms with van der Waals surface area (Å²) in [6, 6.07) is 5.60. The van der Waals surface area contributed by atoms with E-state index in [0.717, 1.165) is 0 Å². The van der Waals surface area contributed by atoms with Crippen LogP contribution in [0.4, 0.5) is 0 Å². The van der Waals surface area contributed by atoms with E-state index >= 15 is 0 Å². The number of nitrogens with one attached hydrogen (secondary N) is 1. The van der Waals surface area contributed by atoms with E-state index in [1.807, 2.05) is 13.8 Å². The molecule has 1 aromatic carbocycles. The molecule has 0 saturated carbocycles. The van der Waals surface area contributed by atoms with E-state index < -0.39 is 0 Å². The fourth-order valence-corrected chi connectivity index (χ4v) is 1.66. The summed E-state index contributed by atoms with van der Waals surface area (Å²) in [5, 5.41) is 3.79. The van der Waals surface area contributed by atoms with Crippen LogP contribution in [0, 0.1) is 0 Å². The van der Waals surface area contributed by atoms with Crippen molar-refractivity contribution in [3.8, 4) is 5.75 Å². The van der Waals surface area contributed by atoms with Crippen LogP contribution in [0.1, 0.15) is 13.8 Å². The second-order valence-electron chi connectivity index (χ2n) is 4.42. The van der Waals surface area contributed by atoms with E-state index in [-0.39, 0.29) is 5.56 Å². The first-order chi connectivity index (χ1) is 8.61. The summed E-state index contributed by atoms with van der Waals surface area (Å²) in [6.45, 7) is 4.53. The molecular formula is C13H17N3O2. The van der Waals surface area contributed by atoms with Crippen molar-refractivity contribution in [3.05, 3.63) is 34.9 Å². The third-order valence-electron chi connectivity index (χ3n) is 2.70. The largest absolute Gasteiger partial charge is 0.497 e. The molecule has 0 bridgehead atoms. The van der Waals surface area contributed by atoms with Crippen molar-refractivity contribution in [3.63, 3.8) is 0 Å². The normalized spacial score (nSPS) is 11.1. The van der Waals surface area contributed by atoms with Gasteiger partial charge in [-0.05, 0) is 26.0 Å². The molecule has 0 spiro atoms. The molecular weight excluding hydrogens is 230 g/mol. The van der Waals surface area contributed by atoms with E-state index in [0.29, 0.717) is 29.4 Å². The van der Waals surface area contributed by atoms with Crippen LogP contribution >= 0.6 is 0 Å².